The van der Waals surface area contributed by atoms with Crippen molar-refractivity contribution in [3.63, 3.8) is 0 Å². The van der Waals surface area contributed by atoms with Gasteiger partial charge in [0.15, 0.2) is 0 Å². The molecule has 2 amide bonds. The number of hydrogen-bond donors (Lipinski definition) is 3. The minimum atomic E-state index is -0.843. The van der Waals surface area contributed by atoms with Crippen LogP contribution in [0.4, 0.5) is 9.18 Å². The summed E-state index contributed by atoms with van der Waals surface area (Å²) in [5.41, 5.74) is 1.15. The topological polar surface area (TPSA) is 97.9 Å². The molecule has 0 spiro atoms. The van der Waals surface area contributed by atoms with Gasteiger partial charge >= 0.3 is 6.09 Å². The van der Waals surface area contributed by atoms with Crippen LogP contribution >= 0.6 is 11.6 Å². The van der Waals surface area contributed by atoms with Gasteiger partial charge in [-0.2, -0.15) is 0 Å². The summed E-state index contributed by atoms with van der Waals surface area (Å²) in [4.78, 5) is 24.4. The van der Waals surface area contributed by atoms with Crippen LogP contribution < -0.4 is 16.0 Å². The highest BCUT2D eigenvalue weighted by molar-refractivity contribution is 6.30. The van der Waals surface area contributed by atoms with Crippen LogP contribution in [0.25, 0.3) is 0 Å². The van der Waals surface area contributed by atoms with E-state index in [4.69, 9.17) is 21.1 Å². The van der Waals surface area contributed by atoms with Gasteiger partial charge in [0.2, 0.25) is 0 Å². The molecule has 208 valence electrons. The van der Waals surface area contributed by atoms with Gasteiger partial charge in [0.1, 0.15) is 11.9 Å². The Morgan fingerprint density at radius 3 is 2.74 bits per heavy atom. The van der Waals surface area contributed by atoms with E-state index in [2.05, 4.69) is 20.7 Å². The Balaban J connectivity index is 1.72. The molecule has 1 aliphatic heterocycles. The third kappa shape index (κ3) is 9.23. The largest absolute Gasteiger partial charge is 0.453 e. The normalized spacial score (nSPS) is 16.9. The first kappa shape index (κ1) is 29.8. The average Bonchev–Trinajstić information content (AvgIpc) is 2.92. The van der Waals surface area contributed by atoms with Gasteiger partial charge in [-0.05, 0) is 80.6 Å². The first-order chi connectivity index (χ1) is 18.4. The van der Waals surface area contributed by atoms with Gasteiger partial charge in [-0.15, -0.1) is 0 Å². The minimum Gasteiger partial charge on any atom is -0.453 e. The highest BCUT2D eigenvalue weighted by atomic mass is 35.5. The smallest absolute Gasteiger partial charge is 0.406 e. The standard InChI is InChI=1S/C28H37ClFN3O5/c1-31-16-20(13-19-5-4-11-37-18-19)17-33-27(34)22-8-9-25(30)24(15-22)26(21-6-3-7-23(29)14-21)38-12-10-32-28(35)36-2/h3,6-9,14-15,19-20,26,31H,4-5,10-13,16-18H2,1-2H3,(H,32,35)(H,33,34)/t19-,20-,26?/m1/s1. The van der Waals surface area contributed by atoms with Crippen LogP contribution in [-0.2, 0) is 14.2 Å². The van der Waals surface area contributed by atoms with E-state index in [1.165, 1.54) is 25.3 Å². The number of carbonyl (C=O) groups excluding carboxylic acids is 2. The summed E-state index contributed by atoms with van der Waals surface area (Å²) >= 11 is 6.19. The quantitative estimate of drug-likeness (QED) is 0.322. The molecule has 10 heteroatoms. The molecule has 0 aromatic heterocycles. The van der Waals surface area contributed by atoms with E-state index in [0.29, 0.717) is 28.6 Å². The van der Waals surface area contributed by atoms with Crippen LogP contribution in [0.1, 0.15) is 46.9 Å². The highest BCUT2D eigenvalue weighted by Crippen LogP contribution is 2.30. The Morgan fingerprint density at radius 1 is 1.18 bits per heavy atom. The number of halogens is 2. The Hall–Kier alpha value is -2.72. The van der Waals surface area contributed by atoms with E-state index in [1.807, 2.05) is 7.05 Å². The molecule has 1 saturated heterocycles. The maximum Gasteiger partial charge on any atom is 0.406 e. The molecule has 3 atom stereocenters. The van der Waals surface area contributed by atoms with E-state index in [1.54, 1.807) is 24.3 Å². The first-order valence-corrected chi connectivity index (χ1v) is 13.3. The van der Waals surface area contributed by atoms with Gasteiger partial charge in [0.25, 0.3) is 5.91 Å². The number of nitrogens with one attached hydrogen (secondary N) is 3. The number of alkyl carbamates (subject to hydrolysis) is 1. The summed E-state index contributed by atoms with van der Waals surface area (Å²) < 4.78 is 31.2. The summed E-state index contributed by atoms with van der Waals surface area (Å²) in [6.45, 7) is 3.09. The van der Waals surface area contributed by atoms with Crippen molar-refractivity contribution in [3.8, 4) is 0 Å². The van der Waals surface area contributed by atoms with Gasteiger partial charge < -0.3 is 30.2 Å². The molecule has 3 rings (SSSR count). The highest BCUT2D eigenvalue weighted by Gasteiger charge is 2.23. The van der Waals surface area contributed by atoms with Crippen molar-refractivity contribution in [1.82, 2.24) is 16.0 Å². The molecule has 8 nitrogen and oxygen atoms in total. The predicted octanol–water partition coefficient (Wildman–Crippen LogP) is 4.32. The average molecular weight is 550 g/mol. The Labute approximate surface area is 228 Å². The lowest BCUT2D eigenvalue weighted by Crippen LogP contribution is -2.35. The summed E-state index contributed by atoms with van der Waals surface area (Å²) in [7, 11) is 3.16. The Kier molecular flexibility index (Phi) is 12.3. The minimum absolute atomic E-state index is 0.0821. The van der Waals surface area contributed by atoms with E-state index in [9.17, 15) is 9.59 Å². The lowest BCUT2D eigenvalue weighted by molar-refractivity contribution is 0.0450. The van der Waals surface area contributed by atoms with Crippen molar-refractivity contribution in [3.05, 3.63) is 70.0 Å². The number of carbonyl (C=O) groups is 2. The van der Waals surface area contributed by atoms with Crippen LogP contribution in [0.15, 0.2) is 42.5 Å². The van der Waals surface area contributed by atoms with Gasteiger partial charge in [-0.25, -0.2) is 9.18 Å². The third-order valence-corrected chi connectivity index (χ3v) is 6.73. The van der Waals surface area contributed by atoms with Crippen LogP contribution in [-0.4, -0.2) is 65.6 Å². The van der Waals surface area contributed by atoms with Crippen molar-refractivity contribution >= 4 is 23.6 Å². The van der Waals surface area contributed by atoms with E-state index in [-0.39, 0.29) is 30.5 Å². The van der Waals surface area contributed by atoms with Gasteiger partial charge in [-0.3, -0.25) is 4.79 Å². The lowest BCUT2D eigenvalue weighted by Gasteiger charge is -2.27. The summed E-state index contributed by atoms with van der Waals surface area (Å²) in [5.74, 6) is -0.0663. The molecule has 1 aliphatic rings. The number of benzene rings is 2. The molecule has 2 aromatic carbocycles. The van der Waals surface area contributed by atoms with E-state index < -0.39 is 18.0 Å². The third-order valence-electron chi connectivity index (χ3n) is 6.50. The monoisotopic (exact) mass is 549 g/mol. The molecule has 0 radical (unpaired) electrons. The Bertz CT molecular complexity index is 1050. The molecule has 1 fully saturated rings. The SMILES string of the molecule is CNC[C@H](CNC(=O)c1ccc(F)c(C(OCCNC(=O)OC)c2cccc(Cl)c2)c1)C[C@H]1CCCOC1. The Morgan fingerprint density at radius 2 is 2.03 bits per heavy atom. The lowest BCUT2D eigenvalue weighted by atomic mass is 9.90. The number of rotatable bonds is 13. The molecule has 3 N–H and O–H groups in total. The van der Waals surface area contributed by atoms with E-state index >= 15 is 4.39 Å². The zero-order valence-electron chi connectivity index (χ0n) is 21.9. The molecule has 1 unspecified atom stereocenters. The molecule has 38 heavy (non-hydrogen) atoms. The van der Waals surface area contributed by atoms with E-state index in [0.717, 1.165) is 39.0 Å². The number of methoxy groups -OCH3 is 1. The second-order valence-corrected chi connectivity index (χ2v) is 9.85. The van der Waals surface area contributed by atoms with Gasteiger partial charge in [0, 0.05) is 42.5 Å². The fourth-order valence-electron chi connectivity index (χ4n) is 4.65. The fourth-order valence-corrected chi connectivity index (χ4v) is 4.85. The second kappa shape index (κ2) is 15.6. The predicted molar refractivity (Wildman–Crippen MR) is 144 cm³/mol. The first-order valence-electron chi connectivity index (χ1n) is 12.9. The number of amides is 2. The van der Waals surface area contributed by atoms with Crippen molar-refractivity contribution in [2.24, 2.45) is 11.8 Å². The zero-order valence-corrected chi connectivity index (χ0v) is 22.7. The molecule has 0 bridgehead atoms. The molecular weight excluding hydrogens is 513 g/mol. The molecular formula is C28H37ClFN3O5. The molecule has 1 heterocycles. The van der Waals surface area contributed by atoms with Crippen LogP contribution in [0, 0.1) is 17.7 Å². The van der Waals surface area contributed by atoms with Crippen molar-refractivity contribution < 1.29 is 28.2 Å². The van der Waals surface area contributed by atoms with Crippen LogP contribution in [0.3, 0.4) is 0 Å². The maximum absolute atomic E-state index is 15.1. The fraction of sp³-hybridized carbons (Fsp3) is 0.500. The van der Waals surface area contributed by atoms with Crippen molar-refractivity contribution in [2.45, 2.75) is 25.4 Å². The maximum atomic E-state index is 15.1. The number of ether oxygens (including phenoxy) is 3. The number of hydrogen-bond acceptors (Lipinski definition) is 6. The van der Waals surface area contributed by atoms with Crippen molar-refractivity contribution in [2.75, 3.05) is 53.6 Å². The second-order valence-electron chi connectivity index (χ2n) is 9.41. The van der Waals surface area contributed by atoms with Crippen molar-refractivity contribution in [1.29, 1.82) is 0 Å². The van der Waals surface area contributed by atoms with Crippen LogP contribution in [0.2, 0.25) is 5.02 Å². The van der Waals surface area contributed by atoms with Gasteiger partial charge in [-0.1, -0.05) is 23.7 Å². The summed E-state index contributed by atoms with van der Waals surface area (Å²) in [5, 5.41) is 9.22. The summed E-state index contributed by atoms with van der Waals surface area (Å²) in [6, 6.07) is 11.1. The summed E-state index contributed by atoms with van der Waals surface area (Å²) in [6.07, 6.45) is 1.72. The molecule has 0 saturated carbocycles. The van der Waals surface area contributed by atoms with Gasteiger partial charge in [0.05, 0.1) is 13.7 Å². The zero-order chi connectivity index (χ0) is 27.3. The van der Waals surface area contributed by atoms with Crippen LogP contribution in [0.5, 0.6) is 0 Å². The molecule has 2 aromatic rings. The molecule has 0 aliphatic carbocycles.